The molecule has 0 spiro atoms. The van der Waals surface area contributed by atoms with Crippen LogP contribution in [0.15, 0.2) is 30.5 Å². The molecule has 1 aliphatic heterocycles. The first-order valence-corrected chi connectivity index (χ1v) is 8.56. The Balaban J connectivity index is 1.77. The van der Waals surface area contributed by atoms with E-state index in [1.54, 1.807) is 18.3 Å². The number of carbonyl (C=O) groups excluding carboxylic acids is 1. The largest absolute Gasteiger partial charge is 0.337 e. The lowest BCUT2D eigenvalue weighted by Gasteiger charge is -2.30. The number of piperidine rings is 1. The molecule has 1 aromatic heterocycles. The summed E-state index contributed by atoms with van der Waals surface area (Å²) in [6.45, 7) is 5.72. The van der Waals surface area contributed by atoms with Crippen LogP contribution in [-0.2, 0) is 0 Å². The molecule has 5 nitrogen and oxygen atoms in total. The fraction of sp³-hybridized carbons (Fsp3) is 0.389. The zero-order chi connectivity index (χ0) is 17.1. The summed E-state index contributed by atoms with van der Waals surface area (Å²) in [6.07, 6.45) is 3.84. The first-order valence-electron chi connectivity index (χ1n) is 8.18. The van der Waals surface area contributed by atoms with Gasteiger partial charge in [0, 0.05) is 30.0 Å². The van der Waals surface area contributed by atoms with E-state index in [1.807, 2.05) is 24.0 Å². The van der Waals surface area contributed by atoms with E-state index < -0.39 is 0 Å². The third-order valence-electron chi connectivity index (χ3n) is 4.25. The summed E-state index contributed by atoms with van der Waals surface area (Å²) in [6, 6.07) is 7.22. The molecule has 0 bridgehead atoms. The first-order chi connectivity index (χ1) is 11.5. The van der Waals surface area contributed by atoms with Gasteiger partial charge in [0.05, 0.1) is 0 Å². The summed E-state index contributed by atoms with van der Waals surface area (Å²) >= 11 is 5.98. The van der Waals surface area contributed by atoms with E-state index in [9.17, 15) is 4.79 Å². The Bertz CT molecular complexity index is 750. The highest BCUT2D eigenvalue weighted by Crippen LogP contribution is 2.22. The number of aromatic nitrogens is 2. The molecule has 1 amide bonds. The summed E-state index contributed by atoms with van der Waals surface area (Å²) < 4.78 is 0. The lowest BCUT2D eigenvalue weighted by atomic mass is 10.00. The van der Waals surface area contributed by atoms with Crippen molar-refractivity contribution in [2.45, 2.75) is 26.7 Å². The van der Waals surface area contributed by atoms with E-state index in [0.29, 0.717) is 22.6 Å². The molecule has 1 unspecified atom stereocenters. The van der Waals surface area contributed by atoms with Crippen LogP contribution in [0.2, 0.25) is 5.02 Å². The number of likely N-dealkylation sites (tertiary alicyclic amines) is 1. The molecule has 0 radical (unpaired) electrons. The van der Waals surface area contributed by atoms with Crippen LogP contribution in [0.4, 0.5) is 11.6 Å². The minimum Gasteiger partial charge on any atom is -0.337 e. The number of carbonyl (C=O) groups is 1. The van der Waals surface area contributed by atoms with Crippen LogP contribution >= 0.6 is 11.6 Å². The first kappa shape index (κ1) is 16.7. The Labute approximate surface area is 147 Å². The van der Waals surface area contributed by atoms with E-state index in [0.717, 1.165) is 30.8 Å². The Kier molecular flexibility index (Phi) is 5.00. The second kappa shape index (κ2) is 7.18. The number of nitrogens with one attached hydrogen (secondary N) is 1. The van der Waals surface area contributed by atoms with E-state index in [-0.39, 0.29) is 5.91 Å². The summed E-state index contributed by atoms with van der Waals surface area (Å²) in [5, 5.41) is 3.84. The molecule has 2 aromatic rings. The van der Waals surface area contributed by atoms with E-state index in [2.05, 4.69) is 22.2 Å². The number of benzene rings is 1. The molecule has 3 rings (SSSR count). The second-order valence-corrected chi connectivity index (χ2v) is 6.78. The zero-order valence-electron chi connectivity index (χ0n) is 13.9. The van der Waals surface area contributed by atoms with Gasteiger partial charge in [0.15, 0.2) is 0 Å². The van der Waals surface area contributed by atoms with Crippen LogP contribution in [0.25, 0.3) is 0 Å². The summed E-state index contributed by atoms with van der Waals surface area (Å²) in [5.41, 5.74) is 2.29. The standard InChI is InChI=1S/C18H21ClN4O/c1-12-4-3-9-23(11-12)17(24)16-7-8-20-18(22-16)21-15-6-5-14(19)10-13(15)2/h5-8,10,12H,3-4,9,11H2,1-2H3,(H,20,21,22). The summed E-state index contributed by atoms with van der Waals surface area (Å²) in [4.78, 5) is 23.1. The van der Waals surface area contributed by atoms with Crippen molar-refractivity contribution in [3.63, 3.8) is 0 Å². The predicted molar refractivity (Wildman–Crippen MR) is 95.8 cm³/mol. The van der Waals surface area contributed by atoms with Gasteiger partial charge in [-0.1, -0.05) is 18.5 Å². The highest BCUT2D eigenvalue weighted by Gasteiger charge is 2.23. The van der Waals surface area contributed by atoms with Gasteiger partial charge in [-0.2, -0.15) is 0 Å². The molecule has 1 saturated heterocycles. The van der Waals surface area contributed by atoms with E-state index in [4.69, 9.17) is 11.6 Å². The van der Waals surface area contributed by atoms with Crippen LogP contribution < -0.4 is 5.32 Å². The number of amides is 1. The lowest BCUT2D eigenvalue weighted by Crippen LogP contribution is -2.39. The average Bonchev–Trinajstić information content (AvgIpc) is 2.57. The third kappa shape index (κ3) is 3.85. The molecule has 24 heavy (non-hydrogen) atoms. The smallest absolute Gasteiger partial charge is 0.272 e. The SMILES string of the molecule is Cc1cc(Cl)ccc1Nc1nccc(C(=O)N2CCCC(C)C2)n1. The lowest BCUT2D eigenvalue weighted by molar-refractivity contribution is 0.0677. The number of rotatable bonds is 3. The number of aryl methyl sites for hydroxylation is 1. The maximum absolute atomic E-state index is 12.7. The van der Waals surface area contributed by atoms with Gasteiger partial charge in [-0.3, -0.25) is 4.79 Å². The normalized spacial score (nSPS) is 17.6. The van der Waals surface area contributed by atoms with Gasteiger partial charge >= 0.3 is 0 Å². The van der Waals surface area contributed by atoms with Crippen LogP contribution in [-0.4, -0.2) is 33.9 Å². The molecule has 0 aliphatic carbocycles. The molecule has 0 saturated carbocycles. The Morgan fingerprint density at radius 1 is 1.38 bits per heavy atom. The maximum atomic E-state index is 12.7. The number of hydrogen-bond donors (Lipinski definition) is 1. The fourth-order valence-corrected chi connectivity index (χ4v) is 3.19. The second-order valence-electron chi connectivity index (χ2n) is 6.35. The predicted octanol–water partition coefficient (Wildman–Crippen LogP) is 4.05. The fourth-order valence-electron chi connectivity index (χ4n) is 2.96. The number of nitrogens with zero attached hydrogens (tertiary/aromatic N) is 3. The van der Waals surface area contributed by atoms with Crippen LogP contribution in [0.3, 0.4) is 0 Å². The van der Waals surface area contributed by atoms with Crippen molar-refractivity contribution < 1.29 is 4.79 Å². The van der Waals surface area contributed by atoms with Crippen LogP contribution in [0, 0.1) is 12.8 Å². The number of hydrogen-bond acceptors (Lipinski definition) is 4. The van der Waals surface area contributed by atoms with Crippen molar-refractivity contribution in [3.8, 4) is 0 Å². The monoisotopic (exact) mass is 344 g/mol. The van der Waals surface area contributed by atoms with Crippen molar-refractivity contribution in [1.29, 1.82) is 0 Å². The van der Waals surface area contributed by atoms with Crippen molar-refractivity contribution in [2.75, 3.05) is 18.4 Å². The van der Waals surface area contributed by atoms with Crippen molar-refractivity contribution in [3.05, 3.63) is 46.7 Å². The Morgan fingerprint density at radius 3 is 2.96 bits per heavy atom. The maximum Gasteiger partial charge on any atom is 0.272 e. The van der Waals surface area contributed by atoms with Gasteiger partial charge in [-0.05, 0) is 55.5 Å². The van der Waals surface area contributed by atoms with Crippen molar-refractivity contribution in [2.24, 2.45) is 5.92 Å². The molecule has 126 valence electrons. The molecule has 2 heterocycles. The van der Waals surface area contributed by atoms with Gasteiger partial charge in [0.25, 0.3) is 5.91 Å². The minimum atomic E-state index is -0.0279. The summed E-state index contributed by atoms with van der Waals surface area (Å²) in [7, 11) is 0. The highest BCUT2D eigenvalue weighted by molar-refractivity contribution is 6.30. The van der Waals surface area contributed by atoms with E-state index >= 15 is 0 Å². The number of halogens is 1. The number of anilines is 2. The Morgan fingerprint density at radius 2 is 2.21 bits per heavy atom. The molecule has 1 fully saturated rings. The van der Waals surface area contributed by atoms with Gasteiger partial charge in [0.2, 0.25) is 5.95 Å². The molecular weight excluding hydrogens is 324 g/mol. The summed E-state index contributed by atoms with van der Waals surface area (Å²) in [5.74, 6) is 0.926. The van der Waals surface area contributed by atoms with Crippen LogP contribution in [0.5, 0.6) is 0 Å². The molecule has 1 N–H and O–H groups in total. The third-order valence-corrected chi connectivity index (χ3v) is 4.49. The Hall–Kier alpha value is -2.14. The topological polar surface area (TPSA) is 58.1 Å². The molecule has 6 heteroatoms. The van der Waals surface area contributed by atoms with Gasteiger partial charge < -0.3 is 10.2 Å². The average molecular weight is 345 g/mol. The minimum absolute atomic E-state index is 0.0279. The molecule has 1 aliphatic rings. The van der Waals surface area contributed by atoms with Gasteiger partial charge in [-0.25, -0.2) is 9.97 Å². The van der Waals surface area contributed by atoms with Gasteiger partial charge in [0.1, 0.15) is 5.69 Å². The quantitative estimate of drug-likeness (QED) is 0.912. The zero-order valence-corrected chi connectivity index (χ0v) is 14.7. The molecular formula is C18H21ClN4O. The van der Waals surface area contributed by atoms with Gasteiger partial charge in [-0.15, -0.1) is 0 Å². The van der Waals surface area contributed by atoms with Crippen LogP contribution in [0.1, 0.15) is 35.8 Å². The van der Waals surface area contributed by atoms with Crippen molar-refractivity contribution >= 4 is 29.1 Å². The highest BCUT2D eigenvalue weighted by atomic mass is 35.5. The molecule has 1 aromatic carbocycles. The molecule has 1 atom stereocenters. The van der Waals surface area contributed by atoms with E-state index in [1.165, 1.54) is 6.42 Å². The van der Waals surface area contributed by atoms with Crippen molar-refractivity contribution in [1.82, 2.24) is 14.9 Å².